The molecule has 3 unspecified atom stereocenters. The van der Waals surface area contributed by atoms with Gasteiger partial charge in [-0.25, -0.2) is 0 Å². The molecule has 13 heavy (non-hydrogen) atoms. The number of thioether (sulfide) groups is 2. The van der Waals surface area contributed by atoms with Gasteiger partial charge in [-0.1, -0.05) is 20.8 Å². The third-order valence-corrected chi connectivity index (χ3v) is 5.87. The summed E-state index contributed by atoms with van der Waals surface area (Å²) in [6, 6.07) is 0. The van der Waals surface area contributed by atoms with Crippen molar-refractivity contribution in [3.63, 3.8) is 0 Å². The molecule has 3 atom stereocenters. The van der Waals surface area contributed by atoms with Gasteiger partial charge in [0.05, 0.1) is 6.10 Å². The third kappa shape index (κ3) is 3.07. The first-order valence-electron chi connectivity index (χ1n) is 5.08. The van der Waals surface area contributed by atoms with Crippen molar-refractivity contribution < 1.29 is 5.11 Å². The first-order chi connectivity index (χ1) is 6.16. The smallest absolute Gasteiger partial charge is 0.0692 e. The fraction of sp³-hybridized carbons (Fsp3) is 1.00. The molecular formula is C10H20OS2. The van der Waals surface area contributed by atoms with E-state index in [2.05, 4.69) is 20.8 Å². The van der Waals surface area contributed by atoms with Gasteiger partial charge in [0.15, 0.2) is 0 Å². The van der Waals surface area contributed by atoms with Crippen LogP contribution in [0, 0.1) is 5.92 Å². The van der Waals surface area contributed by atoms with E-state index in [1.165, 1.54) is 17.9 Å². The van der Waals surface area contributed by atoms with Gasteiger partial charge in [-0.2, -0.15) is 23.5 Å². The van der Waals surface area contributed by atoms with E-state index in [1.807, 2.05) is 23.5 Å². The molecular weight excluding hydrogens is 200 g/mol. The van der Waals surface area contributed by atoms with E-state index in [1.54, 1.807) is 0 Å². The van der Waals surface area contributed by atoms with Gasteiger partial charge in [0.25, 0.3) is 0 Å². The van der Waals surface area contributed by atoms with E-state index < -0.39 is 0 Å². The van der Waals surface area contributed by atoms with Gasteiger partial charge in [-0.05, 0) is 12.3 Å². The van der Waals surface area contributed by atoms with Gasteiger partial charge >= 0.3 is 0 Å². The van der Waals surface area contributed by atoms with Crippen LogP contribution in [0.3, 0.4) is 0 Å². The molecule has 0 aliphatic carbocycles. The van der Waals surface area contributed by atoms with Crippen LogP contribution >= 0.6 is 23.5 Å². The molecule has 0 saturated carbocycles. The van der Waals surface area contributed by atoms with Crippen LogP contribution in [-0.2, 0) is 0 Å². The molecule has 0 radical (unpaired) electrons. The van der Waals surface area contributed by atoms with E-state index in [4.69, 9.17) is 0 Å². The second kappa shape index (κ2) is 5.52. The van der Waals surface area contributed by atoms with Crippen molar-refractivity contribution in [2.45, 2.75) is 43.8 Å². The van der Waals surface area contributed by atoms with Crippen molar-refractivity contribution in [2.75, 3.05) is 11.5 Å². The lowest BCUT2D eigenvalue weighted by atomic mass is 10.0. The lowest BCUT2D eigenvalue weighted by Gasteiger charge is -2.35. The zero-order chi connectivity index (χ0) is 9.84. The fourth-order valence-corrected chi connectivity index (χ4v) is 4.95. The van der Waals surface area contributed by atoms with Gasteiger partial charge in [0.1, 0.15) is 0 Å². The van der Waals surface area contributed by atoms with Crippen LogP contribution in [0.4, 0.5) is 0 Å². The Kier molecular flexibility index (Phi) is 4.98. The topological polar surface area (TPSA) is 20.2 Å². The zero-order valence-corrected chi connectivity index (χ0v) is 10.3. The molecule has 1 aliphatic rings. The number of rotatable bonds is 3. The molecule has 1 rings (SSSR count). The van der Waals surface area contributed by atoms with E-state index in [0.717, 1.165) is 0 Å². The average molecular weight is 220 g/mol. The van der Waals surface area contributed by atoms with Crippen molar-refractivity contribution >= 4 is 23.5 Å². The van der Waals surface area contributed by atoms with Crippen molar-refractivity contribution in [2.24, 2.45) is 5.92 Å². The quantitative estimate of drug-likeness (QED) is 0.789. The van der Waals surface area contributed by atoms with Crippen molar-refractivity contribution in [1.29, 1.82) is 0 Å². The largest absolute Gasteiger partial charge is 0.392 e. The van der Waals surface area contributed by atoms with Gasteiger partial charge < -0.3 is 5.11 Å². The molecule has 0 spiro atoms. The molecule has 78 valence electrons. The van der Waals surface area contributed by atoms with Crippen LogP contribution in [0.1, 0.15) is 27.2 Å². The van der Waals surface area contributed by atoms with Gasteiger partial charge in [-0.3, -0.25) is 0 Å². The summed E-state index contributed by atoms with van der Waals surface area (Å²) in [6.07, 6.45) is 1.06. The molecule has 0 aromatic carbocycles. The highest BCUT2D eigenvalue weighted by Gasteiger charge is 2.32. The standard InChI is InChI=1S/C10H20OS2/c1-4-8-10(9(11)7(2)3)13-6-5-12-8/h7-11H,4-6H2,1-3H3. The Labute approximate surface area is 90.1 Å². The first kappa shape index (κ1) is 11.7. The predicted molar refractivity (Wildman–Crippen MR) is 63.6 cm³/mol. The van der Waals surface area contributed by atoms with Crippen LogP contribution in [0.15, 0.2) is 0 Å². The van der Waals surface area contributed by atoms with Gasteiger partial charge in [0, 0.05) is 22.0 Å². The summed E-state index contributed by atoms with van der Waals surface area (Å²) < 4.78 is 0. The molecule has 1 nitrogen and oxygen atoms in total. The first-order valence-corrected chi connectivity index (χ1v) is 7.17. The highest BCUT2D eigenvalue weighted by Crippen LogP contribution is 2.36. The zero-order valence-electron chi connectivity index (χ0n) is 8.69. The minimum Gasteiger partial charge on any atom is -0.392 e. The van der Waals surface area contributed by atoms with E-state index in [-0.39, 0.29) is 6.10 Å². The lowest BCUT2D eigenvalue weighted by Crippen LogP contribution is -2.38. The van der Waals surface area contributed by atoms with Crippen LogP contribution in [0.25, 0.3) is 0 Å². The normalized spacial score (nSPS) is 32.1. The van der Waals surface area contributed by atoms with E-state index >= 15 is 0 Å². The minimum absolute atomic E-state index is 0.122. The number of hydrogen-bond donors (Lipinski definition) is 1. The van der Waals surface area contributed by atoms with Gasteiger partial charge in [0.2, 0.25) is 0 Å². The monoisotopic (exact) mass is 220 g/mol. The van der Waals surface area contributed by atoms with E-state index in [9.17, 15) is 5.11 Å². The van der Waals surface area contributed by atoms with Crippen LogP contribution in [-0.4, -0.2) is 33.2 Å². The maximum absolute atomic E-state index is 10.0. The van der Waals surface area contributed by atoms with Crippen LogP contribution < -0.4 is 0 Å². The molecule has 0 bridgehead atoms. The molecule has 1 saturated heterocycles. The summed E-state index contributed by atoms with van der Waals surface area (Å²) in [4.78, 5) is 0. The third-order valence-electron chi connectivity index (χ3n) is 2.51. The highest BCUT2D eigenvalue weighted by molar-refractivity contribution is 8.07. The van der Waals surface area contributed by atoms with Crippen LogP contribution in [0.2, 0.25) is 0 Å². The molecule has 1 N–H and O–H groups in total. The van der Waals surface area contributed by atoms with Crippen molar-refractivity contribution in [1.82, 2.24) is 0 Å². The Hall–Kier alpha value is 0.660. The summed E-state index contributed by atoms with van der Waals surface area (Å²) in [5, 5.41) is 11.1. The second-order valence-corrected chi connectivity index (χ2v) is 6.52. The Morgan fingerprint density at radius 1 is 1.31 bits per heavy atom. The number of aliphatic hydroxyl groups is 1. The van der Waals surface area contributed by atoms with Crippen molar-refractivity contribution in [3.8, 4) is 0 Å². The second-order valence-electron chi connectivity index (χ2n) is 3.89. The molecule has 1 heterocycles. The Morgan fingerprint density at radius 3 is 2.46 bits per heavy atom. The Morgan fingerprint density at radius 2 is 1.92 bits per heavy atom. The average Bonchev–Trinajstić information content (AvgIpc) is 2.16. The maximum Gasteiger partial charge on any atom is 0.0692 e. The number of hydrogen-bond acceptors (Lipinski definition) is 3. The Bertz CT molecular complexity index is 148. The summed E-state index contributed by atoms with van der Waals surface area (Å²) in [7, 11) is 0. The SMILES string of the molecule is CCC1SCCSC1C(O)C(C)C. The lowest BCUT2D eigenvalue weighted by molar-refractivity contribution is 0.121. The van der Waals surface area contributed by atoms with Gasteiger partial charge in [-0.15, -0.1) is 0 Å². The summed E-state index contributed by atoms with van der Waals surface area (Å²) in [5.41, 5.74) is 0. The summed E-state index contributed by atoms with van der Waals surface area (Å²) >= 11 is 4.00. The Balaban J connectivity index is 2.53. The predicted octanol–water partition coefficient (Wildman–Crippen LogP) is 2.63. The fourth-order valence-electron chi connectivity index (χ4n) is 1.63. The molecule has 3 heteroatoms. The minimum atomic E-state index is -0.122. The molecule has 0 aromatic rings. The highest BCUT2D eigenvalue weighted by atomic mass is 32.2. The van der Waals surface area contributed by atoms with Crippen LogP contribution in [0.5, 0.6) is 0 Å². The van der Waals surface area contributed by atoms with E-state index in [0.29, 0.717) is 16.4 Å². The summed E-state index contributed by atoms with van der Waals surface area (Å²) in [6.45, 7) is 6.44. The molecule has 0 aromatic heterocycles. The summed E-state index contributed by atoms with van der Waals surface area (Å²) in [5.74, 6) is 2.85. The maximum atomic E-state index is 10.0. The number of aliphatic hydroxyl groups excluding tert-OH is 1. The van der Waals surface area contributed by atoms with Crippen molar-refractivity contribution in [3.05, 3.63) is 0 Å². The molecule has 1 aliphatic heterocycles. The molecule has 0 amide bonds. The molecule has 1 fully saturated rings.